The highest BCUT2D eigenvalue weighted by Gasteiger charge is 2.07. The van der Waals surface area contributed by atoms with Crippen LogP contribution in [0.25, 0.3) is 10.8 Å². The number of aromatic nitrogens is 1. The Kier molecular flexibility index (Phi) is 2.26. The monoisotopic (exact) mass is 198 g/mol. The molecule has 1 heterocycles. The number of rotatable bonds is 1. The first-order valence-corrected chi connectivity index (χ1v) is 4.60. The van der Waals surface area contributed by atoms with Crippen LogP contribution in [-0.2, 0) is 0 Å². The van der Waals surface area contributed by atoms with Crippen LogP contribution in [0.3, 0.4) is 0 Å². The maximum Gasteiger partial charge on any atom is 0.222 e. The van der Waals surface area contributed by atoms with Gasteiger partial charge in [-0.3, -0.25) is 0 Å². The summed E-state index contributed by atoms with van der Waals surface area (Å²) in [5.41, 5.74) is 1.50. The molecule has 0 saturated carbocycles. The normalized spacial score (nSPS) is 9.93. The molecule has 0 amide bonds. The van der Waals surface area contributed by atoms with E-state index >= 15 is 0 Å². The molecule has 74 valence electrons. The molecule has 0 atom stereocenters. The number of benzene rings is 1. The largest absolute Gasteiger partial charge is 0.481 e. The van der Waals surface area contributed by atoms with Crippen molar-refractivity contribution >= 4 is 10.8 Å². The summed E-state index contributed by atoms with van der Waals surface area (Å²) in [6.07, 6.45) is 0. The summed E-state index contributed by atoms with van der Waals surface area (Å²) in [6.45, 7) is 2.00. The lowest BCUT2D eigenvalue weighted by atomic mass is 10.1. The van der Waals surface area contributed by atoms with Crippen molar-refractivity contribution in [1.82, 2.24) is 4.98 Å². The lowest BCUT2D eigenvalue weighted by Gasteiger charge is -2.06. The number of pyridine rings is 1. The second kappa shape index (κ2) is 3.58. The summed E-state index contributed by atoms with van der Waals surface area (Å²) in [6, 6.07) is 9.71. The molecule has 0 radical (unpaired) electrons. The lowest BCUT2D eigenvalue weighted by Crippen LogP contribution is -1.93. The third kappa shape index (κ3) is 1.50. The molecule has 3 nitrogen and oxygen atoms in total. The van der Waals surface area contributed by atoms with Crippen LogP contribution < -0.4 is 4.74 Å². The van der Waals surface area contributed by atoms with Crippen LogP contribution in [0.15, 0.2) is 24.3 Å². The summed E-state index contributed by atoms with van der Waals surface area (Å²) in [5.74, 6) is 0.507. The topological polar surface area (TPSA) is 45.9 Å². The Morgan fingerprint density at radius 3 is 2.80 bits per heavy atom. The molecular weight excluding hydrogens is 188 g/mol. The van der Waals surface area contributed by atoms with Gasteiger partial charge in [-0.25, -0.2) is 4.98 Å². The number of ether oxygens (including phenoxy) is 1. The number of hydrogen-bond donors (Lipinski definition) is 0. The van der Waals surface area contributed by atoms with Crippen LogP contribution in [0.1, 0.15) is 11.3 Å². The fourth-order valence-electron chi connectivity index (χ4n) is 1.61. The van der Waals surface area contributed by atoms with E-state index in [0.29, 0.717) is 11.6 Å². The zero-order valence-corrected chi connectivity index (χ0v) is 8.61. The zero-order valence-electron chi connectivity index (χ0n) is 8.61. The van der Waals surface area contributed by atoms with E-state index in [0.717, 1.165) is 16.3 Å². The van der Waals surface area contributed by atoms with Crippen molar-refractivity contribution in [3.63, 3.8) is 0 Å². The molecule has 0 saturated heterocycles. The first kappa shape index (κ1) is 9.47. The fraction of sp³-hybridized carbons (Fsp3) is 0.167. The van der Waals surface area contributed by atoms with Crippen LogP contribution in [0.5, 0.6) is 5.88 Å². The molecule has 0 bridgehead atoms. The first-order chi connectivity index (χ1) is 7.26. The smallest absolute Gasteiger partial charge is 0.222 e. The molecule has 0 spiro atoms. The van der Waals surface area contributed by atoms with Gasteiger partial charge in [0.05, 0.1) is 7.11 Å². The SMILES string of the molecule is COc1nc(C#N)cc2c(C)cccc12. The molecule has 0 aliphatic rings. The maximum absolute atomic E-state index is 8.84. The van der Waals surface area contributed by atoms with Crippen molar-refractivity contribution in [3.8, 4) is 11.9 Å². The summed E-state index contributed by atoms with van der Waals surface area (Å²) in [5, 5.41) is 10.8. The minimum Gasteiger partial charge on any atom is -0.481 e. The number of methoxy groups -OCH3 is 1. The van der Waals surface area contributed by atoms with Crippen molar-refractivity contribution in [2.24, 2.45) is 0 Å². The minimum atomic E-state index is 0.383. The van der Waals surface area contributed by atoms with Crippen LogP contribution in [-0.4, -0.2) is 12.1 Å². The highest BCUT2D eigenvalue weighted by molar-refractivity contribution is 5.90. The summed E-state index contributed by atoms with van der Waals surface area (Å²) >= 11 is 0. The highest BCUT2D eigenvalue weighted by atomic mass is 16.5. The zero-order chi connectivity index (χ0) is 10.8. The molecule has 1 aromatic heterocycles. The Morgan fingerprint density at radius 2 is 2.13 bits per heavy atom. The first-order valence-electron chi connectivity index (χ1n) is 4.60. The molecule has 0 aliphatic heterocycles. The van der Waals surface area contributed by atoms with E-state index in [2.05, 4.69) is 4.98 Å². The van der Waals surface area contributed by atoms with Gasteiger partial charge >= 0.3 is 0 Å². The third-order valence-corrected chi connectivity index (χ3v) is 2.37. The van der Waals surface area contributed by atoms with Crippen LogP contribution in [0, 0.1) is 18.3 Å². The van der Waals surface area contributed by atoms with E-state index < -0.39 is 0 Å². The van der Waals surface area contributed by atoms with E-state index in [4.69, 9.17) is 10.00 Å². The van der Waals surface area contributed by atoms with E-state index in [1.54, 1.807) is 13.2 Å². The summed E-state index contributed by atoms with van der Waals surface area (Å²) < 4.78 is 5.16. The Morgan fingerprint density at radius 1 is 1.33 bits per heavy atom. The van der Waals surface area contributed by atoms with E-state index in [1.165, 1.54) is 0 Å². The molecule has 0 unspecified atom stereocenters. The number of hydrogen-bond acceptors (Lipinski definition) is 3. The van der Waals surface area contributed by atoms with E-state index in [-0.39, 0.29) is 0 Å². The Labute approximate surface area is 87.9 Å². The van der Waals surface area contributed by atoms with Crippen LogP contribution in [0.2, 0.25) is 0 Å². The predicted octanol–water partition coefficient (Wildman–Crippen LogP) is 2.42. The molecule has 3 heteroatoms. The van der Waals surface area contributed by atoms with E-state index in [1.807, 2.05) is 31.2 Å². The lowest BCUT2D eigenvalue weighted by molar-refractivity contribution is 0.403. The average Bonchev–Trinajstić information content (AvgIpc) is 2.28. The molecule has 2 aromatic rings. The van der Waals surface area contributed by atoms with Gasteiger partial charge in [0.2, 0.25) is 5.88 Å². The van der Waals surface area contributed by atoms with Gasteiger partial charge in [-0.15, -0.1) is 0 Å². The molecule has 0 aliphatic carbocycles. The average molecular weight is 198 g/mol. The van der Waals surface area contributed by atoms with Gasteiger partial charge in [0.25, 0.3) is 0 Å². The van der Waals surface area contributed by atoms with Crippen molar-refractivity contribution in [2.75, 3.05) is 7.11 Å². The van der Waals surface area contributed by atoms with Gasteiger partial charge in [-0.1, -0.05) is 12.1 Å². The number of fused-ring (bicyclic) bond motifs is 1. The molecule has 1 aromatic carbocycles. The second-order valence-electron chi connectivity index (χ2n) is 3.30. The van der Waals surface area contributed by atoms with Crippen molar-refractivity contribution in [2.45, 2.75) is 6.92 Å². The van der Waals surface area contributed by atoms with Crippen LogP contribution >= 0.6 is 0 Å². The third-order valence-electron chi connectivity index (χ3n) is 2.37. The molecule has 0 N–H and O–H groups in total. The Balaban J connectivity index is 2.88. The van der Waals surface area contributed by atoms with Gasteiger partial charge in [-0.05, 0) is 30.0 Å². The van der Waals surface area contributed by atoms with Crippen LogP contribution in [0.4, 0.5) is 0 Å². The van der Waals surface area contributed by atoms with E-state index in [9.17, 15) is 0 Å². The maximum atomic E-state index is 8.84. The highest BCUT2D eigenvalue weighted by Crippen LogP contribution is 2.26. The summed E-state index contributed by atoms with van der Waals surface area (Å²) in [7, 11) is 1.56. The number of nitrogens with zero attached hydrogens (tertiary/aromatic N) is 2. The van der Waals surface area contributed by atoms with Crippen molar-refractivity contribution in [3.05, 3.63) is 35.5 Å². The summed E-state index contributed by atoms with van der Waals surface area (Å²) in [4.78, 5) is 4.10. The predicted molar refractivity (Wildman–Crippen MR) is 57.7 cm³/mol. The Bertz CT molecular complexity index is 555. The van der Waals surface area contributed by atoms with Gasteiger partial charge in [0.1, 0.15) is 11.8 Å². The standard InChI is InChI=1S/C12H10N2O/c1-8-4-3-5-10-11(8)6-9(7-13)14-12(10)15-2/h3-6H,1-2H3. The van der Waals surface area contributed by atoms with Gasteiger partial charge in [-0.2, -0.15) is 5.26 Å². The number of aryl methyl sites for hydroxylation is 1. The number of nitriles is 1. The Hall–Kier alpha value is -2.08. The van der Waals surface area contributed by atoms with Gasteiger partial charge in [0, 0.05) is 5.39 Å². The second-order valence-corrected chi connectivity index (χ2v) is 3.30. The van der Waals surface area contributed by atoms with Gasteiger partial charge < -0.3 is 4.74 Å². The van der Waals surface area contributed by atoms with Gasteiger partial charge in [0.15, 0.2) is 0 Å². The van der Waals surface area contributed by atoms with Crippen molar-refractivity contribution < 1.29 is 4.74 Å². The fourth-order valence-corrected chi connectivity index (χ4v) is 1.61. The minimum absolute atomic E-state index is 0.383. The van der Waals surface area contributed by atoms with Crippen molar-refractivity contribution in [1.29, 1.82) is 5.26 Å². The molecule has 0 fully saturated rings. The molecule has 15 heavy (non-hydrogen) atoms. The molecule has 2 rings (SSSR count). The quantitative estimate of drug-likeness (QED) is 0.706. The molecular formula is C12H10N2O.